The molecule has 14 heavy (non-hydrogen) atoms. The number of carbonyl (C=O) groups excluding carboxylic acids is 1. The Labute approximate surface area is 86.3 Å². The molecule has 0 N–H and O–H groups in total. The van der Waals surface area contributed by atoms with Crippen LogP contribution in [-0.2, 0) is 9.53 Å². The van der Waals surface area contributed by atoms with Crippen LogP contribution in [0.15, 0.2) is 11.6 Å². The van der Waals surface area contributed by atoms with Crippen molar-refractivity contribution in [2.24, 2.45) is 5.92 Å². The fraction of sp³-hybridized carbons (Fsp3) is 0.750. The van der Waals surface area contributed by atoms with Crippen molar-refractivity contribution in [1.29, 1.82) is 0 Å². The maximum absolute atomic E-state index is 11.6. The van der Waals surface area contributed by atoms with E-state index in [4.69, 9.17) is 4.74 Å². The Hall–Kier alpha value is -0.790. The highest BCUT2D eigenvalue weighted by molar-refractivity contribution is 5.88. The van der Waals surface area contributed by atoms with E-state index in [0.29, 0.717) is 12.5 Å². The van der Waals surface area contributed by atoms with Crippen molar-refractivity contribution in [2.45, 2.75) is 46.0 Å². The summed E-state index contributed by atoms with van der Waals surface area (Å²) in [4.78, 5) is 11.6. The van der Waals surface area contributed by atoms with Gasteiger partial charge in [0.05, 0.1) is 6.61 Å². The second-order valence-electron chi connectivity index (χ2n) is 3.80. The molecule has 0 atom stereocenters. The lowest BCUT2D eigenvalue weighted by Crippen LogP contribution is -2.18. The Morgan fingerprint density at radius 3 is 2.50 bits per heavy atom. The normalized spacial score (nSPS) is 19.4. The third-order valence-corrected chi connectivity index (χ3v) is 2.87. The van der Waals surface area contributed by atoms with E-state index >= 15 is 0 Å². The molecule has 1 aliphatic carbocycles. The maximum atomic E-state index is 11.6. The molecule has 0 spiro atoms. The first-order valence-corrected chi connectivity index (χ1v) is 5.63. The molecule has 1 saturated carbocycles. The van der Waals surface area contributed by atoms with Gasteiger partial charge in [0.15, 0.2) is 0 Å². The van der Waals surface area contributed by atoms with Gasteiger partial charge in [-0.25, -0.2) is 4.79 Å². The summed E-state index contributed by atoms with van der Waals surface area (Å²) in [5.74, 6) is 0.342. The summed E-state index contributed by atoms with van der Waals surface area (Å²) < 4.78 is 5.04. The zero-order valence-electron chi connectivity index (χ0n) is 9.21. The number of hydrogen-bond acceptors (Lipinski definition) is 2. The first kappa shape index (κ1) is 11.3. The summed E-state index contributed by atoms with van der Waals surface area (Å²) in [6.45, 7) is 4.26. The van der Waals surface area contributed by atoms with Crippen LogP contribution in [0.25, 0.3) is 0 Å². The van der Waals surface area contributed by atoms with Crippen LogP contribution < -0.4 is 0 Å². The van der Waals surface area contributed by atoms with Gasteiger partial charge in [-0.05, 0) is 32.6 Å². The van der Waals surface area contributed by atoms with Gasteiger partial charge in [-0.15, -0.1) is 0 Å². The zero-order valence-corrected chi connectivity index (χ0v) is 9.21. The zero-order chi connectivity index (χ0) is 10.4. The molecule has 0 bridgehead atoms. The molecule has 2 heteroatoms. The van der Waals surface area contributed by atoms with E-state index in [-0.39, 0.29) is 5.97 Å². The predicted molar refractivity (Wildman–Crippen MR) is 57.0 cm³/mol. The van der Waals surface area contributed by atoms with Gasteiger partial charge in [-0.2, -0.15) is 0 Å². The summed E-state index contributed by atoms with van der Waals surface area (Å²) in [5.41, 5.74) is 0.895. The van der Waals surface area contributed by atoms with Crippen LogP contribution in [0.2, 0.25) is 0 Å². The first-order valence-electron chi connectivity index (χ1n) is 5.63. The Kier molecular flexibility index (Phi) is 4.71. The van der Waals surface area contributed by atoms with Gasteiger partial charge in [0.1, 0.15) is 0 Å². The highest BCUT2D eigenvalue weighted by Crippen LogP contribution is 2.30. The molecule has 1 fully saturated rings. The Morgan fingerprint density at radius 1 is 1.36 bits per heavy atom. The van der Waals surface area contributed by atoms with Gasteiger partial charge >= 0.3 is 5.97 Å². The topological polar surface area (TPSA) is 26.3 Å². The first-order chi connectivity index (χ1) is 6.79. The minimum absolute atomic E-state index is 0.109. The minimum Gasteiger partial charge on any atom is -0.463 e. The summed E-state index contributed by atoms with van der Waals surface area (Å²) >= 11 is 0. The Balaban J connectivity index is 2.56. The van der Waals surface area contributed by atoms with Crippen molar-refractivity contribution < 1.29 is 9.53 Å². The van der Waals surface area contributed by atoms with E-state index < -0.39 is 0 Å². The Bertz CT molecular complexity index is 212. The lowest BCUT2D eigenvalue weighted by atomic mass is 9.83. The maximum Gasteiger partial charge on any atom is 0.333 e. The second-order valence-corrected chi connectivity index (χ2v) is 3.80. The quantitative estimate of drug-likeness (QED) is 0.512. The van der Waals surface area contributed by atoms with E-state index in [1.54, 1.807) is 0 Å². The molecule has 0 aromatic heterocycles. The van der Waals surface area contributed by atoms with Gasteiger partial charge in [0.2, 0.25) is 0 Å². The molecule has 0 unspecified atom stereocenters. The van der Waals surface area contributed by atoms with Crippen molar-refractivity contribution in [3.05, 3.63) is 11.6 Å². The molecule has 2 nitrogen and oxygen atoms in total. The third kappa shape index (κ3) is 2.86. The van der Waals surface area contributed by atoms with Gasteiger partial charge in [-0.3, -0.25) is 0 Å². The van der Waals surface area contributed by atoms with Crippen LogP contribution >= 0.6 is 0 Å². The highest BCUT2D eigenvalue weighted by atomic mass is 16.5. The largest absolute Gasteiger partial charge is 0.463 e. The van der Waals surface area contributed by atoms with Crippen molar-refractivity contribution in [2.75, 3.05) is 6.61 Å². The van der Waals surface area contributed by atoms with E-state index in [2.05, 4.69) is 0 Å². The average molecular weight is 196 g/mol. The molecule has 0 aromatic carbocycles. The van der Waals surface area contributed by atoms with Crippen LogP contribution in [0.1, 0.15) is 46.0 Å². The summed E-state index contributed by atoms with van der Waals surface area (Å²) in [6, 6.07) is 0. The lowest BCUT2D eigenvalue weighted by molar-refractivity contribution is -0.139. The van der Waals surface area contributed by atoms with Crippen molar-refractivity contribution in [3.8, 4) is 0 Å². The Morgan fingerprint density at radius 2 is 2.00 bits per heavy atom. The average Bonchev–Trinajstić information content (AvgIpc) is 2.21. The lowest BCUT2D eigenvalue weighted by Gasteiger charge is -2.23. The van der Waals surface area contributed by atoms with Crippen molar-refractivity contribution in [1.82, 2.24) is 0 Å². The molecule has 0 saturated heterocycles. The number of hydrogen-bond donors (Lipinski definition) is 0. The number of esters is 1. The molecule has 0 amide bonds. The van der Waals surface area contributed by atoms with Crippen molar-refractivity contribution in [3.63, 3.8) is 0 Å². The van der Waals surface area contributed by atoms with Gasteiger partial charge < -0.3 is 4.74 Å². The number of ether oxygens (including phenoxy) is 1. The third-order valence-electron chi connectivity index (χ3n) is 2.87. The fourth-order valence-corrected chi connectivity index (χ4v) is 2.15. The van der Waals surface area contributed by atoms with Gasteiger partial charge in [-0.1, -0.05) is 25.3 Å². The molecule has 0 heterocycles. The van der Waals surface area contributed by atoms with Crippen LogP contribution in [0.5, 0.6) is 0 Å². The number of allylic oxidation sites excluding steroid dienone is 1. The monoisotopic (exact) mass is 196 g/mol. The van der Waals surface area contributed by atoms with Crippen LogP contribution in [0.3, 0.4) is 0 Å². The molecule has 1 rings (SSSR count). The van der Waals surface area contributed by atoms with E-state index in [1.165, 1.54) is 19.3 Å². The SMILES string of the molecule is C/C=C(/C(=O)OCC)C1CCCCC1. The molecule has 0 radical (unpaired) electrons. The standard InChI is InChI=1S/C12H20O2/c1-3-11(12(13)14-4-2)10-8-6-5-7-9-10/h3,10H,4-9H2,1-2H3/b11-3+. The van der Waals surface area contributed by atoms with Crippen LogP contribution in [0.4, 0.5) is 0 Å². The van der Waals surface area contributed by atoms with Crippen LogP contribution in [-0.4, -0.2) is 12.6 Å². The molecule has 1 aliphatic rings. The highest BCUT2D eigenvalue weighted by Gasteiger charge is 2.22. The molecule has 80 valence electrons. The fourth-order valence-electron chi connectivity index (χ4n) is 2.15. The van der Waals surface area contributed by atoms with Gasteiger partial charge in [0, 0.05) is 5.57 Å². The molecule has 0 aliphatic heterocycles. The van der Waals surface area contributed by atoms with E-state index in [1.807, 2.05) is 19.9 Å². The van der Waals surface area contributed by atoms with E-state index in [0.717, 1.165) is 18.4 Å². The van der Waals surface area contributed by atoms with E-state index in [9.17, 15) is 4.79 Å². The minimum atomic E-state index is -0.109. The number of rotatable bonds is 3. The predicted octanol–water partition coefficient (Wildman–Crippen LogP) is 3.08. The molecule has 0 aromatic rings. The van der Waals surface area contributed by atoms with Crippen LogP contribution in [0, 0.1) is 5.92 Å². The summed E-state index contributed by atoms with van der Waals surface area (Å²) in [6.07, 6.45) is 8.05. The molecular formula is C12H20O2. The summed E-state index contributed by atoms with van der Waals surface area (Å²) in [5, 5.41) is 0. The molecular weight excluding hydrogens is 176 g/mol. The number of carbonyl (C=O) groups is 1. The second kappa shape index (κ2) is 5.84. The smallest absolute Gasteiger partial charge is 0.333 e. The summed E-state index contributed by atoms with van der Waals surface area (Å²) in [7, 11) is 0. The van der Waals surface area contributed by atoms with Crippen molar-refractivity contribution >= 4 is 5.97 Å². The van der Waals surface area contributed by atoms with Gasteiger partial charge in [0.25, 0.3) is 0 Å².